The Morgan fingerprint density at radius 2 is 1.53 bits per heavy atom. The number of ether oxygens (including phenoxy) is 1. The normalized spacial score (nSPS) is 25.2. The molecular formula is C48H35IN2O7. The molecule has 0 bridgehead atoms. The standard InChI is InChI=1S/C48H35IN2O7/c1-57-39-23-28(22-36(49)44(39)54)42-31-20-21-32-41(47(56)51(46(32)55)30-18-16-27(17-19-30)45-50-37-14-8-9-15-38(37)58-45)34(31)24-35-43(53)33(26-10-4-2-5-11-26)25-40(52)48(35,42)29-12-6-3-7-13-29/h2-20,22-23,25,32,34-35,41-42,54H,21,24H2,1H3. The lowest BCUT2D eigenvalue weighted by molar-refractivity contribution is -0.135. The van der Waals surface area contributed by atoms with Gasteiger partial charge < -0.3 is 14.3 Å². The molecule has 1 saturated heterocycles. The van der Waals surface area contributed by atoms with Crippen molar-refractivity contribution in [1.82, 2.24) is 4.98 Å². The van der Waals surface area contributed by atoms with Crippen LogP contribution in [0.1, 0.15) is 35.4 Å². The summed E-state index contributed by atoms with van der Waals surface area (Å²) in [5.41, 5.74) is 4.28. The van der Waals surface area contributed by atoms with Crippen LogP contribution >= 0.6 is 22.6 Å². The van der Waals surface area contributed by atoms with Gasteiger partial charge in [-0.2, -0.15) is 0 Å². The second-order valence-electron chi connectivity index (χ2n) is 15.4. The summed E-state index contributed by atoms with van der Waals surface area (Å²) >= 11 is 2.05. The molecule has 2 amide bonds. The number of imide groups is 1. The number of amides is 2. The monoisotopic (exact) mass is 878 g/mol. The topological polar surface area (TPSA) is 127 Å². The molecule has 1 N–H and O–H groups in total. The number of phenols is 1. The molecule has 9 nitrogen and oxygen atoms in total. The first-order chi connectivity index (χ1) is 28.2. The predicted molar refractivity (Wildman–Crippen MR) is 226 cm³/mol. The summed E-state index contributed by atoms with van der Waals surface area (Å²) in [5.74, 6) is -4.01. The lowest BCUT2D eigenvalue weighted by atomic mass is 9.44. The average molecular weight is 879 g/mol. The van der Waals surface area contributed by atoms with E-state index in [1.807, 2.05) is 97.1 Å². The molecular weight excluding hydrogens is 843 g/mol. The molecule has 4 aliphatic rings. The molecule has 10 heteroatoms. The quantitative estimate of drug-likeness (QED) is 0.1000. The summed E-state index contributed by atoms with van der Waals surface area (Å²) in [6, 6.07) is 36.7. The second kappa shape index (κ2) is 13.8. The van der Waals surface area contributed by atoms with Crippen molar-refractivity contribution >= 4 is 68.3 Å². The molecule has 0 radical (unpaired) electrons. The van der Waals surface area contributed by atoms with Crippen molar-refractivity contribution in [2.75, 3.05) is 12.0 Å². The molecule has 2 fully saturated rings. The van der Waals surface area contributed by atoms with E-state index in [0.717, 1.165) is 11.1 Å². The van der Waals surface area contributed by atoms with Crippen LogP contribution in [0.4, 0.5) is 5.69 Å². The Kier molecular flexibility index (Phi) is 8.59. The van der Waals surface area contributed by atoms with E-state index >= 15 is 9.59 Å². The van der Waals surface area contributed by atoms with E-state index in [0.29, 0.717) is 48.6 Å². The van der Waals surface area contributed by atoms with Gasteiger partial charge >= 0.3 is 0 Å². The van der Waals surface area contributed by atoms with E-state index in [1.165, 1.54) is 18.1 Å². The largest absolute Gasteiger partial charge is 0.504 e. The molecule has 58 heavy (non-hydrogen) atoms. The van der Waals surface area contributed by atoms with Gasteiger partial charge in [0.05, 0.1) is 33.6 Å². The zero-order valence-electron chi connectivity index (χ0n) is 31.2. The van der Waals surface area contributed by atoms with Gasteiger partial charge in [0.25, 0.3) is 0 Å². The zero-order chi connectivity index (χ0) is 39.9. The maximum atomic E-state index is 15.3. The fourth-order valence-corrected chi connectivity index (χ4v) is 10.8. The highest BCUT2D eigenvalue weighted by Crippen LogP contribution is 2.64. The van der Waals surface area contributed by atoms with E-state index in [-0.39, 0.29) is 47.7 Å². The van der Waals surface area contributed by atoms with Crippen molar-refractivity contribution in [3.8, 4) is 23.0 Å². The predicted octanol–water partition coefficient (Wildman–Crippen LogP) is 8.84. The highest BCUT2D eigenvalue weighted by Gasteiger charge is 2.66. The number of anilines is 1. The number of hydrogen-bond donors (Lipinski definition) is 1. The van der Waals surface area contributed by atoms with Crippen LogP contribution in [0.25, 0.3) is 28.1 Å². The number of phenolic OH excluding ortho intramolecular Hbond substituents is 1. The molecule has 1 aliphatic heterocycles. The van der Waals surface area contributed by atoms with Crippen LogP contribution in [0.3, 0.4) is 0 Å². The number of aromatic hydroxyl groups is 1. The van der Waals surface area contributed by atoms with Gasteiger partial charge in [-0.05, 0) is 113 Å². The first-order valence-corrected chi connectivity index (χ1v) is 20.3. The van der Waals surface area contributed by atoms with Crippen LogP contribution in [-0.2, 0) is 24.6 Å². The van der Waals surface area contributed by atoms with Crippen molar-refractivity contribution in [2.24, 2.45) is 23.7 Å². The number of halogens is 1. The zero-order valence-corrected chi connectivity index (χ0v) is 33.3. The number of rotatable bonds is 6. The Bertz CT molecular complexity index is 2720. The van der Waals surface area contributed by atoms with Crippen molar-refractivity contribution in [3.05, 3.63) is 159 Å². The Labute approximate surface area is 347 Å². The summed E-state index contributed by atoms with van der Waals surface area (Å²) in [6.45, 7) is 0. The molecule has 3 aliphatic carbocycles. The molecule has 0 spiro atoms. The highest BCUT2D eigenvalue weighted by molar-refractivity contribution is 14.1. The molecule has 1 aromatic heterocycles. The fraction of sp³-hybridized carbons (Fsp3) is 0.188. The second-order valence-corrected chi connectivity index (χ2v) is 16.5. The number of benzene rings is 5. The number of para-hydroxylation sites is 2. The van der Waals surface area contributed by atoms with Gasteiger partial charge in [-0.1, -0.05) is 84.4 Å². The minimum absolute atomic E-state index is 0.0335. The molecule has 1 saturated carbocycles. The van der Waals surface area contributed by atoms with Crippen LogP contribution in [-0.4, -0.2) is 40.6 Å². The average Bonchev–Trinajstić information content (AvgIpc) is 3.81. The number of fused-ring (bicyclic) bond motifs is 5. The Hall–Kier alpha value is -6.14. The number of allylic oxidation sites excluding steroid dienone is 4. The number of Topliss-reactive ketones (excluding diaryl/α,β-unsaturated/α-hetero) is 1. The van der Waals surface area contributed by atoms with Crippen LogP contribution < -0.4 is 9.64 Å². The summed E-state index contributed by atoms with van der Waals surface area (Å²) in [4.78, 5) is 65.7. The van der Waals surface area contributed by atoms with Crippen molar-refractivity contribution < 1.29 is 33.4 Å². The first kappa shape index (κ1) is 36.2. The van der Waals surface area contributed by atoms with E-state index < -0.39 is 35.0 Å². The summed E-state index contributed by atoms with van der Waals surface area (Å²) in [6.07, 6.45) is 4.00. The molecule has 2 heterocycles. The third-order valence-corrected chi connectivity index (χ3v) is 13.5. The third-order valence-electron chi connectivity index (χ3n) is 12.6. The number of carbonyl (C=O) groups excluding carboxylic acids is 4. The number of aromatic nitrogens is 1. The number of hydrogen-bond acceptors (Lipinski definition) is 8. The van der Waals surface area contributed by atoms with Gasteiger partial charge in [-0.15, -0.1) is 0 Å². The number of oxazole rings is 1. The summed E-state index contributed by atoms with van der Waals surface area (Å²) < 4.78 is 12.1. The van der Waals surface area contributed by atoms with Gasteiger partial charge in [0.15, 0.2) is 28.6 Å². The minimum atomic E-state index is -1.40. The smallest absolute Gasteiger partial charge is 0.238 e. The van der Waals surface area contributed by atoms with Gasteiger partial charge in [0.2, 0.25) is 17.7 Å². The minimum Gasteiger partial charge on any atom is -0.504 e. The van der Waals surface area contributed by atoms with E-state index in [2.05, 4.69) is 27.6 Å². The first-order valence-electron chi connectivity index (χ1n) is 19.2. The summed E-state index contributed by atoms with van der Waals surface area (Å²) in [5, 5.41) is 11.0. The van der Waals surface area contributed by atoms with Gasteiger partial charge in [0.1, 0.15) is 5.52 Å². The number of nitrogens with zero attached hydrogens (tertiary/aromatic N) is 2. The number of carbonyl (C=O) groups is 4. The van der Waals surface area contributed by atoms with Crippen molar-refractivity contribution in [3.63, 3.8) is 0 Å². The molecule has 5 aromatic carbocycles. The highest BCUT2D eigenvalue weighted by atomic mass is 127. The van der Waals surface area contributed by atoms with Crippen LogP contribution in [0.2, 0.25) is 0 Å². The molecule has 286 valence electrons. The Morgan fingerprint density at radius 3 is 2.26 bits per heavy atom. The third kappa shape index (κ3) is 5.30. The van der Waals surface area contributed by atoms with E-state index in [9.17, 15) is 14.7 Å². The lowest BCUT2D eigenvalue weighted by Crippen LogP contribution is -2.58. The Balaban J connectivity index is 1.11. The Morgan fingerprint density at radius 1 is 0.828 bits per heavy atom. The van der Waals surface area contributed by atoms with Gasteiger partial charge in [-0.3, -0.25) is 24.1 Å². The van der Waals surface area contributed by atoms with Crippen LogP contribution in [0, 0.1) is 27.2 Å². The number of ketones is 2. The van der Waals surface area contributed by atoms with Crippen molar-refractivity contribution in [1.29, 1.82) is 0 Å². The maximum Gasteiger partial charge on any atom is 0.238 e. The molecule has 6 atom stereocenters. The van der Waals surface area contributed by atoms with E-state index in [4.69, 9.17) is 9.15 Å². The fourth-order valence-electron chi connectivity index (χ4n) is 10.2. The van der Waals surface area contributed by atoms with Crippen molar-refractivity contribution in [2.45, 2.75) is 24.2 Å². The van der Waals surface area contributed by atoms with E-state index in [1.54, 1.807) is 30.3 Å². The molecule has 10 rings (SSSR count). The SMILES string of the molecule is COc1cc(C2C3=CCC4C(=O)N(c5ccc(-c6nc7ccccc7o6)cc5)C(=O)C4C3CC3C(=O)C(c4ccccc4)=CC(=O)C32c2ccccc2)cc(I)c1O. The molecule has 6 unspecified atom stereocenters. The van der Waals surface area contributed by atoms with Gasteiger partial charge in [0, 0.05) is 23.0 Å². The summed E-state index contributed by atoms with van der Waals surface area (Å²) in [7, 11) is 1.47. The maximum absolute atomic E-state index is 15.3. The molecule has 6 aromatic rings. The van der Waals surface area contributed by atoms with Crippen LogP contribution in [0.5, 0.6) is 11.5 Å². The lowest BCUT2D eigenvalue weighted by Gasteiger charge is -2.55. The number of methoxy groups -OCH3 is 1. The van der Waals surface area contributed by atoms with Crippen LogP contribution in [0.15, 0.2) is 143 Å². The van der Waals surface area contributed by atoms with Gasteiger partial charge in [-0.25, -0.2) is 4.98 Å².